The van der Waals surface area contributed by atoms with Gasteiger partial charge >= 0.3 is 0 Å². The predicted octanol–water partition coefficient (Wildman–Crippen LogP) is 6.62. The molecule has 0 aliphatic carbocycles. The summed E-state index contributed by atoms with van der Waals surface area (Å²) in [5.41, 5.74) is 2.49. The Morgan fingerprint density at radius 2 is 1.49 bits per heavy atom. The van der Waals surface area contributed by atoms with E-state index in [1.807, 2.05) is 19.1 Å². The maximum absolute atomic E-state index is 14.5. The normalized spacial score (nSPS) is 15.8. The summed E-state index contributed by atoms with van der Waals surface area (Å²) in [6.45, 7) is 6.18. The molecule has 6 heteroatoms. The lowest BCUT2D eigenvalue weighted by molar-refractivity contribution is -0.114. The van der Waals surface area contributed by atoms with Gasteiger partial charge in [0.2, 0.25) is 0 Å². The van der Waals surface area contributed by atoms with E-state index in [4.69, 9.17) is 4.74 Å². The minimum absolute atomic E-state index is 0.0338. The van der Waals surface area contributed by atoms with E-state index in [-0.39, 0.29) is 34.0 Å². The fourth-order valence-corrected chi connectivity index (χ4v) is 4.49. The highest BCUT2D eigenvalue weighted by molar-refractivity contribution is 6.09. The van der Waals surface area contributed by atoms with Gasteiger partial charge in [-0.25, -0.2) is 8.78 Å². The van der Waals surface area contributed by atoms with Crippen molar-refractivity contribution in [3.05, 3.63) is 111 Å². The number of fused-ring (bicyclic) bond motifs is 1. The van der Waals surface area contributed by atoms with Crippen LogP contribution < -0.4 is 4.74 Å². The minimum atomic E-state index is -1.18. The van der Waals surface area contributed by atoms with E-state index in [1.165, 1.54) is 13.8 Å². The molecule has 3 aromatic rings. The van der Waals surface area contributed by atoms with Crippen molar-refractivity contribution in [2.75, 3.05) is 0 Å². The molecular weight excluding hydrogens is 450 g/mol. The number of aryl methyl sites for hydroxylation is 2. The third kappa shape index (κ3) is 4.28. The van der Waals surface area contributed by atoms with E-state index < -0.39 is 29.1 Å². The summed E-state index contributed by atoms with van der Waals surface area (Å²) in [6.07, 6.45) is 0. The first-order valence-electron chi connectivity index (χ1n) is 11.1. The van der Waals surface area contributed by atoms with E-state index in [9.17, 15) is 23.5 Å². The highest BCUT2D eigenvalue weighted by Gasteiger charge is 2.39. The van der Waals surface area contributed by atoms with Crippen molar-refractivity contribution in [2.45, 2.75) is 33.6 Å². The molecule has 178 valence electrons. The van der Waals surface area contributed by atoms with Gasteiger partial charge in [0.1, 0.15) is 17.3 Å². The van der Waals surface area contributed by atoms with Gasteiger partial charge in [0, 0.05) is 28.3 Å². The Bertz CT molecular complexity index is 1430. The van der Waals surface area contributed by atoms with Crippen molar-refractivity contribution in [3.8, 4) is 5.75 Å². The number of rotatable bonds is 5. The van der Waals surface area contributed by atoms with E-state index in [0.29, 0.717) is 16.7 Å². The van der Waals surface area contributed by atoms with E-state index >= 15 is 0 Å². The molecule has 1 unspecified atom stereocenters. The van der Waals surface area contributed by atoms with Crippen LogP contribution in [-0.2, 0) is 9.59 Å². The average molecular weight is 475 g/mol. The van der Waals surface area contributed by atoms with Crippen LogP contribution in [0, 0.1) is 25.5 Å². The Balaban J connectivity index is 2.14. The van der Waals surface area contributed by atoms with Crippen LogP contribution in [0.2, 0.25) is 0 Å². The third-order valence-corrected chi connectivity index (χ3v) is 6.20. The third-order valence-electron chi connectivity index (χ3n) is 6.20. The van der Waals surface area contributed by atoms with E-state index in [1.54, 1.807) is 43.3 Å². The van der Waals surface area contributed by atoms with Gasteiger partial charge in [0.15, 0.2) is 23.2 Å². The van der Waals surface area contributed by atoms with Gasteiger partial charge in [-0.2, -0.15) is 0 Å². The Kier molecular flexibility index (Phi) is 6.39. The van der Waals surface area contributed by atoms with Crippen LogP contribution in [0.15, 0.2) is 71.8 Å². The molecule has 1 N–H and O–H groups in total. The van der Waals surface area contributed by atoms with Crippen LogP contribution in [0.5, 0.6) is 5.75 Å². The number of allylic oxidation sites excluding steroid dienone is 2. The first-order chi connectivity index (χ1) is 16.6. The Morgan fingerprint density at radius 1 is 0.886 bits per heavy atom. The molecule has 1 atom stereocenters. The molecule has 0 fully saturated rings. The van der Waals surface area contributed by atoms with Gasteiger partial charge in [-0.1, -0.05) is 48.5 Å². The maximum Gasteiger partial charge on any atom is 0.162 e. The first kappa shape index (κ1) is 24.1. The van der Waals surface area contributed by atoms with Crippen LogP contribution in [0.3, 0.4) is 0 Å². The zero-order valence-electron chi connectivity index (χ0n) is 19.8. The molecule has 1 aliphatic rings. The molecule has 0 spiro atoms. The number of aliphatic hydroxyl groups is 1. The van der Waals surface area contributed by atoms with Crippen LogP contribution >= 0.6 is 0 Å². The first-order valence-corrected chi connectivity index (χ1v) is 11.1. The average Bonchev–Trinajstić information content (AvgIpc) is 2.80. The number of hydrogen-bond donors (Lipinski definition) is 1. The lowest BCUT2D eigenvalue weighted by atomic mass is 9.76. The number of benzene rings is 3. The molecule has 0 saturated carbocycles. The van der Waals surface area contributed by atoms with Crippen molar-refractivity contribution >= 4 is 23.1 Å². The van der Waals surface area contributed by atoms with Crippen molar-refractivity contribution < 1.29 is 28.2 Å². The van der Waals surface area contributed by atoms with Gasteiger partial charge in [-0.15, -0.1) is 0 Å². The van der Waals surface area contributed by atoms with Crippen molar-refractivity contribution in [1.29, 1.82) is 0 Å². The molecule has 1 aliphatic heterocycles. The van der Waals surface area contributed by atoms with Crippen molar-refractivity contribution in [1.82, 2.24) is 0 Å². The number of ether oxygens (including phenoxy) is 1. The zero-order chi connectivity index (χ0) is 25.4. The second kappa shape index (κ2) is 9.29. The molecule has 0 radical (unpaired) electrons. The molecule has 0 saturated heterocycles. The fourth-order valence-electron chi connectivity index (χ4n) is 4.49. The van der Waals surface area contributed by atoms with Crippen molar-refractivity contribution in [3.63, 3.8) is 0 Å². The molecule has 4 rings (SSSR count). The lowest BCUT2D eigenvalue weighted by Crippen LogP contribution is -2.25. The number of Topliss-reactive ketones (excluding diaryl/α,β-unsaturated/α-hetero) is 2. The summed E-state index contributed by atoms with van der Waals surface area (Å²) in [5.74, 6) is -4.65. The molecular formula is C29H24F2O4. The molecule has 0 aromatic heterocycles. The number of ketones is 2. The Labute approximate surface area is 202 Å². The van der Waals surface area contributed by atoms with Gasteiger partial charge in [-0.05, 0) is 44.9 Å². The Morgan fingerprint density at radius 3 is 2.09 bits per heavy atom. The second-order valence-electron chi connectivity index (χ2n) is 8.59. The van der Waals surface area contributed by atoms with Crippen LogP contribution in [0.25, 0.3) is 11.5 Å². The summed E-state index contributed by atoms with van der Waals surface area (Å²) in [5, 5.41) is 11.4. The monoisotopic (exact) mass is 474 g/mol. The molecule has 3 aromatic carbocycles. The molecule has 4 nitrogen and oxygen atoms in total. The van der Waals surface area contributed by atoms with Crippen molar-refractivity contribution in [2.24, 2.45) is 0 Å². The van der Waals surface area contributed by atoms with Gasteiger partial charge in [-0.3, -0.25) is 9.59 Å². The zero-order valence-corrected chi connectivity index (χ0v) is 19.8. The smallest absolute Gasteiger partial charge is 0.162 e. The number of carbonyl (C=O) groups excluding carboxylic acids is 2. The SMILES string of the molecule is CC(=O)C1=C(c2ccccc2C)Oc2cc(F)c(F)cc2C1/C(C(C)=O)=C(\O)c1ccccc1C. The number of hydrogen-bond acceptors (Lipinski definition) is 4. The Hall–Kier alpha value is -4.06. The molecule has 35 heavy (non-hydrogen) atoms. The topological polar surface area (TPSA) is 63.6 Å². The predicted molar refractivity (Wildman–Crippen MR) is 130 cm³/mol. The van der Waals surface area contributed by atoms with Crippen LogP contribution in [-0.4, -0.2) is 16.7 Å². The van der Waals surface area contributed by atoms with Gasteiger partial charge < -0.3 is 9.84 Å². The van der Waals surface area contributed by atoms with Gasteiger partial charge in [0.25, 0.3) is 0 Å². The van der Waals surface area contributed by atoms with E-state index in [0.717, 1.165) is 17.7 Å². The number of carbonyl (C=O) groups is 2. The van der Waals surface area contributed by atoms with E-state index in [2.05, 4.69) is 0 Å². The standard InChI is InChI=1S/C29H24F2O4/c1-15-9-5-7-11-19(15)28(34)25(17(3)32)27-21-13-22(30)23(31)14-24(21)35-29(26(27)18(4)33)20-12-8-6-10-16(20)2/h5-14,27,34H,1-4H3/b28-25-. The highest BCUT2D eigenvalue weighted by Crippen LogP contribution is 2.48. The summed E-state index contributed by atoms with van der Waals surface area (Å²) in [7, 11) is 0. The highest BCUT2D eigenvalue weighted by atomic mass is 19.2. The van der Waals surface area contributed by atoms with Crippen LogP contribution in [0.1, 0.15) is 47.6 Å². The fraction of sp³-hybridized carbons (Fsp3) is 0.172. The number of aliphatic hydroxyl groups excluding tert-OH is 1. The maximum atomic E-state index is 14.5. The largest absolute Gasteiger partial charge is 0.507 e. The summed E-state index contributed by atoms with van der Waals surface area (Å²) >= 11 is 0. The summed E-state index contributed by atoms with van der Waals surface area (Å²) in [4.78, 5) is 26.1. The number of halogens is 2. The molecule has 0 bridgehead atoms. The molecule has 0 amide bonds. The lowest BCUT2D eigenvalue weighted by Gasteiger charge is -2.32. The van der Waals surface area contributed by atoms with Crippen LogP contribution in [0.4, 0.5) is 8.78 Å². The summed E-state index contributed by atoms with van der Waals surface area (Å²) in [6, 6.07) is 15.9. The molecule has 1 heterocycles. The minimum Gasteiger partial charge on any atom is -0.507 e. The summed E-state index contributed by atoms with van der Waals surface area (Å²) < 4.78 is 34.7. The quantitative estimate of drug-likeness (QED) is 0.334. The second-order valence-corrected chi connectivity index (χ2v) is 8.59. The van der Waals surface area contributed by atoms with Gasteiger partial charge in [0.05, 0.1) is 11.5 Å².